The molecule has 1 atom stereocenters. The van der Waals surface area contributed by atoms with Crippen molar-refractivity contribution in [2.75, 3.05) is 0 Å². The van der Waals surface area contributed by atoms with Gasteiger partial charge < -0.3 is 9.67 Å². The number of aliphatic hydroxyl groups excluding tert-OH is 1. The Balaban J connectivity index is 1.98. The number of aryl methyl sites for hydroxylation is 2. The molecule has 0 bridgehead atoms. The summed E-state index contributed by atoms with van der Waals surface area (Å²) in [6.45, 7) is 0.515. The predicted octanol–water partition coefficient (Wildman–Crippen LogP) is 2.72. The molecule has 0 spiro atoms. The molecule has 1 N–H and O–H groups in total. The molecule has 0 aliphatic rings. The molecule has 102 valence electrons. The van der Waals surface area contributed by atoms with Crippen LogP contribution in [0.1, 0.15) is 17.4 Å². The summed E-state index contributed by atoms with van der Waals surface area (Å²) in [6.07, 6.45) is -1.94. The third-order valence-electron chi connectivity index (χ3n) is 2.75. The highest BCUT2D eigenvalue weighted by Gasteiger charge is 2.39. The van der Waals surface area contributed by atoms with Crippen molar-refractivity contribution in [1.29, 1.82) is 0 Å². The van der Waals surface area contributed by atoms with E-state index in [1.54, 1.807) is 16.8 Å². The van der Waals surface area contributed by atoms with Gasteiger partial charge in [0.15, 0.2) is 6.10 Å². The second-order valence-electron chi connectivity index (χ2n) is 4.20. The normalized spacial score (nSPS) is 13.5. The van der Waals surface area contributed by atoms with Crippen molar-refractivity contribution in [2.24, 2.45) is 0 Å². The van der Waals surface area contributed by atoms with Gasteiger partial charge in [0.25, 0.3) is 0 Å². The average molecular weight is 270 g/mol. The van der Waals surface area contributed by atoms with E-state index in [4.69, 9.17) is 5.11 Å². The van der Waals surface area contributed by atoms with Crippen LogP contribution in [0, 0.1) is 0 Å². The van der Waals surface area contributed by atoms with Gasteiger partial charge in [0.05, 0.1) is 0 Å². The van der Waals surface area contributed by atoms with Crippen molar-refractivity contribution >= 4 is 0 Å². The Kier molecular flexibility index (Phi) is 3.90. The maximum atomic E-state index is 12.3. The summed E-state index contributed by atoms with van der Waals surface area (Å²) >= 11 is 0. The first-order valence-electron chi connectivity index (χ1n) is 5.77. The van der Waals surface area contributed by atoms with Crippen LogP contribution in [0.3, 0.4) is 0 Å². The highest BCUT2D eigenvalue weighted by atomic mass is 19.4. The number of nitrogens with zero attached hydrogens (tertiary/aromatic N) is 2. The molecule has 0 saturated carbocycles. The first kappa shape index (κ1) is 13.6. The smallest absolute Gasteiger partial charge is 0.379 e. The average Bonchev–Trinajstić information content (AvgIpc) is 2.84. The lowest BCUT2D eigenvalue weighted by atomic mass is 10.2. The Morgan fingerprint density at radius 2 is 2.05 bits per heavy atom. The molecule has 3 nitrogen and oxygen atoms in total. The molecular formula is C13H13F3N2O. The summed E-state index contributed by atoms with van der Waals surface area (Å²) < 4.78 is 38.6. The minimum atomic E-state index is -4.63. The van der Waals surface area contributed by atoms with Crippen molar-refractivity contribution in [2.45, 2.75) is 25.2 Å². The Labute approximate surface area is 108 Å². The summed E-state index contributed by atoms with van der Waals surface area (Å²) in [5, 5.41) is 9.10. The Bertz CT molecular complexity index is 522. The van der Waals surface area contributed by atoms with Crippen LogP contribution < -0.4 is 0 Å². The minimum absolute atomic E-state index is 0.145. The lowest BCUT2D eigenvalue weighted by Gasteiger charge is -2.12. The minimum Gasteiger partial charge on any atom is -0.379 e. The second-order valence-corrected chi connectivity index (χ2v) is 4.20. The molecule has 0 fully saturated rings. The topological polar surface area (TPSA) is 38.0 Å². The zero-order valence-electron chi connectivity index (χ0n) is 10.0. The summed E-state index contributed by atoms with van der Waals surface area (Å²) in [6, 6.07) is 6.79. The van der Waals surface area contributed by atoms with Crippen LogP contribution in [0.4, 0.5) is 13.2 Å². The number of aromatic nitrogens is 2. The molecule has 0 aromatic carbocycles. The number of aliphatic hydroxyl groups is 1. The van der Waals surface area contributed by atoms with Crippen LogP contribution in [0.2, 0.25) is 0 Å². The summed E-state index contributed by atoms with van der Waals surface area (Å²) in [7, 11) is 0. The van der Waals surface area contributed by atoms with Crippen molar-refractivity contribution in [1.82, 2.24) is 9.55 Å². The van der Waals surface area contributed by atoms with Crippen molar-refractivity contribution in [3.63, 3.8) is 0 Å². The highest BCUT2D eigenvalue weighted by molar-refractivity contribution is 5.15. The van der Waals surface area contributed by atoms with Crippen molar-refractivity contribution in [3.8, 4) is 0 Å². The number of halogens is 3. The fourth-order valence-electron chi connectivity index (χ4n) is 1.74. The molecule has 0 saturated heterocycles. The maximum Gasteiger partial charge on any atom is 0.418 e. The molecule has 19 heavy (non-hydrogen) atoms. The van der Waals surface area contributed by atoms with E-state index in [2.05, 4.69) is 4.98 Å². The van der Waals surface area contributed by atoms with Crippen LogP contribution in [0.25, 0.3) is 0 Å². The third-order valence-corrected chi connectivity index (χ3v) is 2.75. The Morgan fingerprint density at radius 1 is 1.26 bits per heavy atom. The van der Waals surface area contributed by atoms with Crippen LogP contribution in [0.5, 0.6) is 0 Å². The Morgan fingerprint density at radius 3 is 2.68 bits per heavy atom. The highest BCUT2D eigenvalue weighted by Crippen LogP contribution is 2.32. The van der Waals surface area contributed by atoms with Gasteiger partial charge >= 0.3 is 6.18 Å². The van der Waals surface area contributed by atoms with Gasteiger partial charge in [0.2, 0.25) is 0 Å². The van der Waals surface area contributed by atoms with E-state index in [1.165, 1.54) is 18.5 Å². The van der Waals surface area contributed by atoms with Gasteiger partial charge in [-0.3, -0.25) is 4.98 Å². The van der Waals surface area contributed by atoms with Crippen LogP contribution in [-0.2, 0) is 13.0 Å². The molecule has 0 aliphatic carbocycles. The second kappa shape index (κ2) is 5.44. The first-order valence-corrected chi connectivity index (χ1v) is 5.77. The number of alkyl halides is 3. The van der Waals surface area contributed by atoms with E-state index in [1.807, 2.05) is 12.1 Å². The molecule has 0 amide bonds. The molecule has 6 heteroatoms. The van der Waals surface area contributed by atoms with Crippen LogP contribution in [0.15, 0.2) is 42.9 Å². The van der Waals surface area contributed by atoms with Gasteiger partial charge in [0.1, 0.15) is 0 Å². The van der Waals surface area contributed by atoms with Crippen LogP contribution in [-0.4, -0.2) is 20.8 Å². The SMILES string of the molecule is OC(c1ccn(CCc2ccccn2)c1)C(F)(F)F. The fourth-order valence-corrected chi connectivity index (χ4v) is 1.74. The van der Waals surface area contributed by atoms with Gasteiger partial charge in [0, 0.05) is 42.8 Å². The van der Waals surface area contributed by atoms with Crippen molar-refractivity contribution in [3.05, 3.63) is 54.1 Å². The summed E-state index contributed by atoms with van der Waals surface area (Å²) in [4.78, 5) is 4.13. The molecule has 2 heterocycles. The Hall–Kier alpha value is -1.82. The quantitative estimate of drug-likeness (QED) is 0.927. The van der Waals surface area contributed by atoms with Gasteiger partial charge in [-0.2, -0.15) is 13.2 Å². The van der Waals surface area contributed by atoms with Crippen LogP contribution >= 0.6 is 0 Å². The zero-order valence-corrected chi connectivity index (χ0v) is 10.0. The van der Waals surface area contributed by atoms with E-state index < -0.39 is 12.3 Å². The largest absolute Gasteiger partial charge is 0.418 e. The van der Waals surface area contributed by atoms with Gasteiger partial charge in [-0.05, 0) is 18.2 Å². The first-order chi connectivity index (χ1) is 8.97. The zero-order chi connectivity index (χ0) is 13.9. The summed E-state index contributed by atoms with van der Waals surface area (Å²) in [5.74, 6) is 0. The van der Waals surface area contributed by atoms with Gasteiger partial charge in [-0.15, -0.1) is 0 Å². The number of hydrogen-bond acceptors (Lipinski definition) is 2. The van der Waals surface area contributed by atoms with Gasteiger partial charge in [-0.1, -0.05) is 6.07 Å². The molecule has 2 rings (SSSR count). The van der Waals surface area contributed by atoms with Crippen molar-refractivity contribution < 1.29 is 18.3 Å². The predicted molar refractivity (Wildman–Crippen MR) is 63.4 cm³/mol. The molecule has 0 radical (unpaired) electrons. The number of hydrogen-bond donors (Lipinski definition) is 1. The molecular weight excluding hydrogens is 257 g/mol. The monoisotopic (exact) mass is 270 g/mol. The molecule has 2 aromatic rings. The van der Waals surface area contributed by atoms with Gasteiger partial charge in [-0.25, -0.2) is 0 Å². The van der Waals surface area contributed by atoms with E-state index in [-0.39, 0.29) is 5.56 Å². The summed E-state index contributed by atoms with van der Waals surface area (Å²) in [5.41, 5.74) is 0.725. The lowest BCUT2D eigenvalue weighted by Crippen LogP contribution is -2.19. The lowest BCUT2D eigenvalue weighted by molar-refractivity contribution is -0.206. The molecule has 2 aromatic heterocycles. The van der Waals surface area contributed by atoms with E-state index >= 15 is 0 Å². The van der Waals surface area contributed by atoms with E-state index in [9.17, 15) is 13.2 Å². The molecule has 1 unspecified atom stereocenters. The maximum absolute atomic E-state index is 12.3. The number of rotatable bonds is 4. The van der Waals surface area contributed by atoms with E-state index in [0.717, 1.165) is 5.69 Å². The molecule has 0 aliphatic heterocycles. The number of pyridine rings is 1. The fraction of sp³-hybridized carbons (Fsp3) is 0.308. The van der Waals surface area contributed by atoms with E-state index in [0.29, 0.717) is 13.0 Å². The standard InChI is InChI=1S/C13H13F3N2O/c14-13(15,16)12(19)10-4-7-18(9-10)8-5-11-3-1-2-6-17-11/h1-4,6-7,9,12,19H,5,8H2. The third kappa shape index (κ3) is 3.57.